The Morgan fingerprint density at radius 3 is 2.81 bits per heavy atom. The highest BCUT2D eigenvalue weighted by atomic mass is 32.2. The summed E-state index contributed by atoms with van der Waals surface area (Å²) in [4.78, 5) is 13.7. The van der Waals surface area contributed by atoms with Crippen molar-refractivity contribution in [2.45, 2.75) is 31.1 Å². The summed E-state index contributed by atoms with van der Waals surface area (Å²) in [5.74, 6) is -0.127. The molecule has 1 aromatic heterocycles. The van der Waals surface area contributed by atoms with Crippen LogP contribution < -0.4 is 16.4 Å². The molecule has 116 valence electrons. The molecule has 1 aliphatic carbocycles. The molecular formula is C15H23N3OS2. The van der Waals surface area contributed by atoms with Crippen LogP contribution in [0.5, 0.6) is 0 Å². The van der Waals surface area contributed by atoms with Crippen LogP contribution in [0.25, 0.3) is 0 Å². The monoisotopic (exact) mass is 325 g/mol. The zero-order chi connectivity index (χ0) is 15.5. The summed E-state index contributed by atoms with van der Waals surface area (Å²) in [6.07, 6.45) is 7.43. The van der Waals surface area contributed by atoms with Crippen LogP contribution in [0, 0.1) is 5.41 Å². The van der Waals surface area contributed by atoms with Gasteiger partial charge in [0.1, 0.15) is 9.88 Å². The van der Waals surface area contributed by atoms with E-state index in [9.17, 15) is 4.79 Å². The van der Waals surface area contributed by atoms with Gasteiger partial charge in [-0.3, -0.25) is 4.79 Å². The highest BCUT2D eigenvalue weighted by Crippen LogP contribution is 2.49. The van der Waals surface area contributed by atoms with Crippen molar-refractivity contribution in [3.8, 4) is 0 Å². The molecule has 1 aromatic rings. The number of thiophene rings is 1. The van der Waals surface area contributed by atoms with Crippen molar-refractivity contribution < 1.29 is 4.79 Å². The van der Waals surface area contributed by atoms with Crippen LogP contribution in [-0.4, -0.2) is 25.3 Å². The standard InChI is InChI=1S/C15H23N3OS2/c1-4-8-17-13(19)11-10(16)12(20-3)14(21-11)18-9-15(5-2)6-7-15/h4,18H,1,5-9,16H2,2-3H3,(H,17,19). The molecule has 0 bridgehead atoms. The average molecular weight is 326 g/mol. The van der Waals surface area contributed by atoms with Gasteiger partial charge >= 0.3 is 0 Å². The predicted molar refractivity (Wildman–Crippen MR) is 93.5 cm³/mol. The molecule has 1 aliphatic rings. The fourth-order valence-electron chi connectivity index (χ4n) is 2.26. The molecule has 4 nitrogen and oxygen atoms in total. The summed E-state index contributed by atoms with van der Waals surface area (Å²) in [6.45, 7) is 7.25. The molecule has 6 heteroatoms. The number of thioether (sulfide) groups is 1. The van der Waals surface area contributed by atoms with Gasteiger partial charge in [-0.15, -0.1) is 29.7 Å². The van der Waals surface area contributed by atoms with E-state index in [2.05, 4.69) is 24.1 Å². The second-order valence-corrected chi connectivity index (χ2v) is 7.25. The quantitative estimate of drug-likeness (QED) is 0.505. The molecule has 0 aliphatic heterocycles. The van der Waals surface area contributed by atoms with Gasteiger partial charge in [0.2, 0.25) is 0 Å². The second-order valence-electron chi connectivity index (χ2n) is 5.41. The number of carbonyl (C=O) groups excluding carboxylic acids is 1. The lowest BCUT2D eigenvalue weighted by Crippen LogP contribution is -2.23. The molecule has 1 amide bonds. The molecule has 0 radical (unpaired) electrons. The number of hydrogen-bond acceptors (Lipinski definition) is 5. The molecule has 0 aromatic carbocycles. The summed E-state index contributed by atoms with van der Waals surface area (Å²) >= 11 is 3.03. The van der Waals surface area contributed by atoms with Crippen molar-refractivity contribution in [3.63, 3.8) is 0 Å². The van der Waals surface area contributed by atoms with Crippen molar-refractivity contribution in [1.29, 1.82) is 0 Å². The zero-order valence-corrected chi connectivity index (χ0v) is 14.3. The molecule has 0 atom stereocenters. The molecule has 1 saturated carbocycles. The first-order valence-corrected chi connectivity index (χ1v) is 9.20. The van der Waals surface area contributed by atoms with E-state index in [-0.39, 0.29) is 5.91 Å². The number of anilines is 2. The fraction of sp³-hybridized carbons (Fsp3) is 0.533. The average Bonchev–Trinajstić information content (AvgIpc) is 3.21. The lowest BCUT2D eigenvalue weighted by molar-refractivity contribution is 0.0963. The Kier molecular flexibility index (Phi) is 5.22. The maximum Gasteiger partial charge on any atom is 0.263 e. The minimum Gasteiger partial charge on any atom is -0.396 e. The first-order valence-electron chi connectivity index (χ1n) is 7.16. The third-order valence-electron chi connectivity index (χ3n) is 4.05. The Morgan fingerprint density at radius 1 is 1.57 bits per heavy atom. The summed E-state index contributed by atoms with van der Waals surface area (Å²) in [5.41, 5.74) is 7.18. The van der Waals surface area contributed by atoms with Crippen LogP contribution in [0.2, 0.25) is 0 Å². The molecule has 4 N–H and O–H groups in total. The van der Waals surface area contributed by atoms with E-state index in [0.29, 0.717) is 22.5 Å². The van der Waals surface area contributed by atoms with Crippen LogP contribution >= 0.6 is 23.1 Å². The minimum atomic E-state index is -0.127. The number of nitrogen functional groups attached to an aromatic ring is 1. The van der Waals surface area contributed by atoms with E-state index in [1.807, 2.05) is 6.26 Å². The van der Waals surface area contributed by atoms with Gasteiger partial charge in [-0.05, 0) is 30.9 Å². The molecular weight excluding hydrogens is 302 g/mol. The molecule has 21 heavy (non-hydrogen) atoms. The summed E-state index contributed by atoms with van der Waals surface area (Å²) in [5, 5.41) is 7.31. The normalized spacial score (nSPS) is 15.5. The van der Waals surface area contributed by atoms with E-state index in [4.69, 9.17) is 5.73 Å². The van der Waals surface area contributed by atoms with Gasteiger partial charge in [0.25, 0.3) is 5.91 Å². The van der Waals surface area contributed by atoms with Crippen LogP contribution in [0.15, 0.2) is 17.6 Å². The Morgan fingerprint density at radius 2 is 2.29 bits per heavy atom. The predicted octanol–water partition coefficient (Wildman–Crippen LogP) is 3.57. The molecule has 2 rings (SSSR count). The first kappa shape index (κ1) is 16.2. The number of nitrogens with two attached hydrogens (primary N) is 1. The van der Waals surface area contributed by atoms with Crippen LogP contribution in [0.4, 0.5) is 10.7 Å². The number of amides is 1. The summed E-state index contributed by atoms with van der Waals surface area (Å²) < 4.78 is 0. The van der Waals surface area contributed by atoms with Crippen molar-refractivity contribution in [1.82, 2.24) is 5.32 Å². The molecule has 1 heterocycles. The lowest BCUT2D eigenvalue weighted by atomic mass is 10.0. The SMILES string of the molecule is C=CCNC(=O)c1sc(NCC2(CC)CC2)c(SC)c1N. The minimum absolute atomic E-state index is 0.127. The van der Waals surface area contributed by atoms with E-state index < -0.39 is 0 Å². The number of hydrogen-bond donors (Lipinski definition) is 3. The second kappa shape index (κ2) is 6.75. The summed E-state index contributed by atoms with van der Waals surface area (Å²) in [7, 11) is 0. The van der Waals surface area contributed by atoms with Crippen molar-refractivity contribution in [3.05, 3.63) is 17.5 Å². The third kappa shape index (κ3) is 3.55. The van der Waals surface area contributed by atoms with Crippen LogP contribution in [0.1, 0.15) is 35.9 Å². The number of carbonyl (C=O) groups is 1. The molecule has 0 saturated heterocycles. The van der Waals surface area contributed by atoms with Gasteiger partial charge in [-0.2, -0.15) is 0 Å². The van der Waals surface area contributed by atoms with Gasteiger partial charge in [-0.25, -0.2) is 0 Å². The Balaban J connectivity index is 2.13. The highest BCUT2D eigenvalue weighted by Gasteiger charge is 2.40. The summed E-state index contributed by atoms with van der Waals surface area (Å²) in [6, 6.07) is 0. The van der Waals surface area contributed by atoms with Gasteiger partial charge in [-0.1, -0.05) is 13.0 Å². The topological polar surface area (TPSA) is 67.2 Å². The van der Waals surface area contributed by atoms with E-state index >= 15 is 0 Å². The lowest BCUT2D eigenvalue weighted by Gasteiger charge is -2.14. The van der Waals surface area contributed by atoms with Crippen molar-refractivity contribution in [2.24, 2.45) is 5.41 Å². The van der Waals surface area contributed by atoms with E-state index in [0.717, 1.165) is 16.4 Å². The number of nitrogens with one attached hydrogen (secondary N) is 2. The maximum absolute atomic E-state index is 12.1. The Hall–Kier alpha value is -1.14. The zero-order valence-electron chi connectivity index (χ0n) is 12.6. The van der Waals surface area contributed by atoms with E-state index in [1.54, 1.807) is 17.8 Å². The smallest absolute Gasteiger partial charge is 0.263 e. The van der Waals surface area contributed by atoms with Gasteiger partial charge in [0.15, 0.2) is 0 Å². The number of rotatable bonds is 8. The largest absolute Gasteiger partial charge is 0.396 e. The Labute approximate surface area is 134 Å². The Bertz CT molecular complexity index is 535. The first-order chi connectivity index (χ1) is 10.1. The van der Waals surface area contributed by atoms with Crippen molar-refractivity contribution >= 4 is 39.7 Å². The van der Waals surface area contributed by atoms with Crippen LogP contribution in [-0.2, 0) is 0 Å². The maximum atomic E-state index is 12.1. The molecule has 0 unspecified atom stereocenters. The van der Waals surface area contributed by atoms with Gasteiger partial charge in [0, 0.05) is 13.1 Å². The third-order valence-corrected chi connectivity index (χ3v) is 6.17. The molecule has 1 fully saturated rings. The van der Waals surface area contributed by atoms with Crippen molar-refractivity contribution in [2.75, 3.05) is 30.4 Å². The van der Waals surface area contributed by atoms with Crippen LogP contribution in [0.3, 0.4) is 0 Å². The molecule has 0 spiro atoms. The van der Waals surface area contributed by atoms with E-state index in [1.165, 1.54) is 30.6 Å². The van der Waals surface area contributed by atoms with Gasteiger partial charge < -0.3 is 16.4 Å². The fourth-order valence-corrected chi connectivity index (χ4v) is 4.21. The van der Waals surface area contributed by atoms with Gasteiger partial charge in [0.05, 0.1) is 10.6 Å². The highest BCUT2D eigenvalue weighted by molar-refractivity contribution is 7.99.